The van der Waals surface area contributed by atoms with Gasteiger partial charge in [0.05, 0.1) is 16.6 Å². The summed E-state index contributed by atoms with van der Waals surface area (Å²) < 4.78 is 0. The Balaban J connectivity index is 2.59. The Bertz CT molecular complexity index is 552. The van der Waals surface area contributed by atoms with Gasteiger partial charge in [-0.05, 0) is 32.0 Å². The summed E-state index contributed by atoms with van der Waals surface area (Å²) in [6.45, 7) is 3.23. The third-order valence-corrected chi connectivity index (χ3v) is 2.31. The first kappa shape index (κ1) is 10.6. The molecule has 1 aromatic heterocycles. The molecule has 3 N–H and O–H groups in total. The zero-order valence-corrected chi connectivity index (χ0v) is 8.98. The lowest BCUT2D eigenvalue weighted by atomic mass is 10.1. The number of aromatic carboxylic acids is 1. The molecule has 1 aromatic carbocycles. The predicted octanol–water partition coefficient (Wildman–Crippen LogP) is 1.49. The van der Waals surface area contributed by atoms with Crippen molar-refractivity contribution in [2.45, 2.75) is 19.4 Å². The van der Waals surface area contributed by atoms with Crippen LogP contribution in [0.2, 0.25) is 0 Å². The molecule has 0 bridgehead atoms. The Kier molecular flexibility index (Phi) is 2.20. The SMILES string of the molecule is CC(C)(O)c1nc2ccc(C(=O)O)cc2[nH]1. The molecule has 0 saturated heterocycles. The maximum Gasteiger partial charge on any atom is 0.335 e. The van der Waals surface area contributed by atoms with Gasteiger partial charge in [0.15, 0.2) is 0 Å². The quantitative estimate of drug-likeness (QED) is 0.715. The van der Waals surface area contributed by atoms with Crippen molar-refractivity contribution in [3.05, 3.63) is 29.6 Å². The van der Waals surface area contributed by atoms with Crippen molar-refractivity contribution in [3.63, 3.8) is 0 Å². The second-order valence-electron chi connectivity index (χ2n) is 4.18. The first-order chi connectivity index (χ1) is 7.38. The summed E-state index contributed by atoms with van der Waals surface area (Å²) in [7, 11) is 0. The highest BCUT2D eigenvalue weighted by Crippen LogP contribution is 2.21. The molecule has 0 unspecified atom stereocenters. The van der Waals surface area contributed by atoms with E-state index in [1.165, 1.54) is 12.1 Å². The van der Waals surface area contributed by atoms with Crippen molar-refractivity contribution in [2.75, 3.05) is 0 Å². The molecule has 0 amide bonds. The van der Waals surface area contributed by atoms with Crippen LogP contribution in [0.5, 0.6) is 0 Å². The van der Waals surface area contributed by atoms with Gasteiger partial charge in [-0.1, -0.05) is 0 Å². The Hall–Kier alpha value is -1.88. The third-order valence-electron chi connectivity index (χ3n) is 2.31. The first-order valence-electron chi connectivity index (χ1n) is 4.84. The van der Waals surface area contributed by atoms with Crippen LogP contribution < -0.4 is 0 Å². The average Bonchev–Trinajstić information content (AvgIpc) is 2.58. The van der Waals surface area contributed by atoms with E-state index in [1.807, 2.05) is 0 Å². The zero-order chi connectivity index (χ0) is 11.9. The number of imidazole rings is 1. The van der Waals surface area contributed by atoms with Crippen LogP contribution >= 0.6 is 0 Å². The summed E-state index contributed by atoms with van der Waals surface area (Å²) in [5.74, 6) is -0.564. The summed E-state index contributed by atoms with van der Waals surface area (Å²) in [6, 6.07) is 4.60. The van der Waals surface area contributed by atoms with Gasteiger partial charge in [-0.2, -0.15) is 0 Å². The Morgan fingerprint density at radius 1 is 1.44 bits per heavy atom. The van der Waals surface area contributed by atoms with E-state index in [1.54, 1.807) is 19.9 Å². The van der Waals surface area contributed by atoms with Crippen LogP contribution in [0.15, 0.2) is 18.2 Å². The van der Waals surface area contributed by atoms with Gasteiger partial charge >= 0.3 is 5.97 Å². The maximum absolute atomic E-state index is 10.8. The molecule has 0 aliphatic rings. The van der Waals surface area contributed by atoms with E-state index in [9.17, 15) is 9.90 Å². The summed E-state index contributed by atoms with van der Waals surface area (Å²) in [4.78, 5) is 17.9. The van der Waals surface area contributed by atoms with E-state index < -0.39 is 11.6 Å². The van der Waals surface area contributed by atoms with Gasteiger partial charge in [-0.3, -0.25) is 0 Å². The Morgan fingerprint density at radius 2 is 2.12 bits per heavy atom. The number of carboxylic acid groups (broad SMARTS) is 1. The second kappa shape index (κ2) is 3.31. The molecule has 0 saturated carbocycles. The van der Waals surface area contributed by atoms with Gasteiger partial charge in [-0.25, -0.2) is 9.78 Å². The number of benzene rings is 1. The number of aliphatic hydroxyl groups is 1. The Morgan fingerprint density at radius 3 is 2.69 bits per heavy atom. The fraction of sp³-hybridized carbons (Fsp3) is 0.273. The highest BCUT2D eigenvalue weighted by atomic mass is 16.4. The second-order valence-corrected chi connectivity index (χ2v) is 4.18. The number of carboxylic acids is 1. The minimum Gasteiger partial charge on any atom is -0.478 e. The van der Waals surface area contributed by atoms with E-state index in [0.717, 1.165) is 0 Å². The normalized spacial score (nSPS) is 11.9. The van der Waals surface area contributed by atoms with E-state index in [4.69, 9.17) is 5.11 Å². The average molecular weight is 220 g/mol. The highest BCUT2D eigenvalue weighted by Gasteiger charge is 2.20. The molecular formula is C11H12N2O3. The molecule has 2 aromatic rings. The minimum absolute atomic E-state index is 0.193. The number of fused-ring (bicyclic) bond motifs is 1. The van der Waals surface area contributed by atoms with Crippen LogP contribution in [0.1, 0.15) is 30.0 Å². The number of nitrogens with one attached hydrogen (secondary N) is 1. The number of aromatic nitrogens is 2. The predicted molar refractivity (Wildman–Crippen MR) is 58.3 cm³/mol. The Labute approximate surface area is 91.8 Å². The molecule has 0 aliphatic heterocycles. The number of aromatic amines is 1. The lowest BCUT2D eigenvalue weighted by molar-refractivity contribution is 0.0692. The number of carbonyl (C=O) groups is 1. The largest absolute Gasteiger partial charge is 0.478 e. The van der Waals surface area contributed by atoms with Gasteiger partial charge in [0.25, 0.3) is 0 Å². The van der Waals surface area contributed by atoms with E-state index >= 15 is 0 Å². The molecule has 0 radical (unpaired) electrons. The molecule has 0 atom stereocenters. The molecule has 0 spiro atoms. The van der Waals surface area contributed by atoms with Crippen LogP contribution in [0.25, 0.3) is 11.0 Å². The molecule has 1 heterocycles. The van der Waals surface area contributed by atoms with Gasteiger partial charge in [-0.15, -0.1) is 0 Å². The summed E-state index contributed by atoms with van der Waals surface area (Å²) in [6.07, 6.45) is 0. The molecule has 0 aliphatic carbocycles. The molecule has 84 valence electrons. The van der Waals surface area contributed by atoms with Gasteiger partial charge < -0.3 is 15.2 Å². The fourth-order valence-corrected chi connectivity index (χ4v) is 1.43. The smallest absolute Gasteiger partial charge is 0.335 e. The van der Waals surface area contributed by atoms with E-state index in [-0.39, 0.29) is 5.56 Å². The molecule has 5 nitrogen and oxygen atoms in total. The lowest BCUT2D eigenvalue weighted by Gasteiger charge is -2.12. The highest BCUT2D eigenvalue weighted by molar-refractivity contribution is 5.92. The molecular weight excluding hydrogens is 208 g/mol. The number of hydrogen-bond acceptors (Lipinski definition) is 3. The van der Waals surface area contributed by atoms with Crippen LogP contribution in [-0.4, -0.2) is 26.2 Å². The van der Waals surface area contributed by atoms with Gasteiger partial charge in [0.1, 0.15) is 11.4 Å². The van der Waals surface area contributed by atoms with Crippen molar-refractivity contribution in [1.29, 1.82) is 0 Å². The summed E-state index contributed by atoms with van der Waals surface area (Å²) in [5, 5.41) is 18.6. The van der Waals surface area contributed by atoms with Crippen LogP contribution in [0.4, 0.5) is 0 Å². The molecule has 16 heavy (non-hydrogen) atoms. The standard InChI is InChI=1S/C11H12N2O3/c1-11(2,16)10-12-7-4-3-6(9(14)15)5-8(7)13-10/h3-5,16H,1-2H3,(H,12,13)(H,14,15). The number of nitrogens with zero attached hydrogens (tertiary/aromatic N) is 1. The van der Waals surface area contributed by atoms with Crippen molar-refractivity contribution >= 4 is 17.0 Å². The van der Waals surface area contributed by atoms with Crippen LogP contribution in [0, 0.1) is 0 Å². The maximum atomic E-state index is 10.8. The fourth-order valence-electron chi connectivity index (χ4n) is 1.43. The van der Waals surface area contributed by atoms with Crippen LogP contribution in [0.3, 0.4) is 0 Å². The zero-order valence-electron chi connectivity index (χ0n) is 8.98. The van der Waals surface area contributed by atoms with Crippen molar-refractivity contribution < 1.29 is 15.0 Å². The molecule has 5 heteroatoms. The lowest BCUT2D eigenvalue weighted by Crippen LogP contribution is -2.17. The number of H-pyrrole nitrogens is 1. The van der Waals surface area contributed by atoms with Gasteiger partial charge in [0.2, 0.25) is 0 Å². The van der Waals surface area contributed by atoms with Gasteiger partial charge in [0, 0.05) is 0 Å². The monoisotopic (exact) mass is 220 g/mol. The first-order valence-corrected chi connectivity index (χ1v) is 4.84. The summed E-state index contributed by atoms with van der Waals surface area (Å²) in [5.41, 5.74) is 0.375. The van der Waals surface area contributed by atoms with Crippen molar-refractivity contribution in [3.8, 4) is 0 Å². The number of rotatable bonds is 2. The number of hydrogen-bond donors (Lipinski definition) is 3. The van der Waals surface area contributed by atoms with E-state index in [2.05, 4.69) is 9.97 Å². The topological polar surface area (TPSA) is 86.2 Å². The van der Waals surface area contributed by atoms with E-state index in [0.29, 0.717) is 16.9 Å². The summed E-state index contributed by atoms with van der Waals surface area (Å²) >= 11 is 0. The molecule has 2 rings (SSSR count). The minimum atomic E-state index is -1.07. The molecule has 0 fully saturated rings. The van der Waals surface area contributed by atoms with Crippen molar-refractivity contribution in [1.82, 2.24) is 9.97 Å². The third kappa shape index (κ3) is 1.77. The van der Waals surface area contributed by atoms with Crippen molar-refractivity contribution in [2.24, 2.45) is 0 Å². The van der Waals surface area contributed by atoms with Crippen LogP contribution in [-0.2, 0) is 5.60 Å².